The Morgan fingerprint density at radius 2 is 1.61 bits per heavy atom. The van der Waals surface area contributed by atoms with Crippen molar-refractivity contribution in [2.75, 3.05) is 26.2 Å². The van der Waals surface area contributed by atoms with Crippen LogP contribution in [0.1, 0.15) is 24.3 Å². The van der Waals surface area contributed by atoms with Crippen molar-refractivity contribution in [3.05, 3.63) is 78.9 Å². The maximum atomic E-state index is 13.4. The van der Waals surface area contributed by atoms with E-state index in [4.69, 9.17) is 0 Å². The molecule has 2 aliphatic rings. The van der Waals surface area contributed by atoms with E-state index >= 15 is 0 Å². The molecule has 0 unspecified atom stereocenters. The van der Waals surface area contributed by atoms with Gasteiger partial charge in [-0.25, -0.2) is 18.4 Å². The normalized spacial score (nSPS) is 24.3. The van der Waals surface area contributed by atoms with Crippen LogP contribution in [0.5, 0.6) is 0 Å². The van der Waals surface area contributed by atoms with Crippen LogP contribution in [0.25, 0.3) is 11.1 Å². The number of rotatable bonds is 5. The van der Waals surface area contributed by atoms with Gasteiger partial charge in [0.1, 0.15) is 6.33 Å². The van der Waals surface area contributed by atoms with Gasteiger partial charge in [-0.05, 0) is 42.6 Å². The van der Waals surface area contributed by atoms with Crippen molar-refractivity contribution in [1.82, 2.24) is 19.2 Å². The van der Waals surface area contributed by atoms with E-state index in [1.807, 2.05) is 18.2 Å². The highest BCUT2D eigenvalue weighted by Crippen LogP contribution is 2.42. The SMILES string of the molecule is O=S(=O)(c1ccccc1)N1CCCCN2[C@H](C1)[C@@H](c1ccc(-c3cncnc3)cc1)[C@@H]2CO. The van der Waals surface area contributed by atoms with Crippen molar-refractivity contribution in [3.8, 4) is 11.1 Å². The third-order valence-electron chi connectivity index (χ3n) is 6.90. The number of aliphatic hydroxyl groups excluding tert-OH is 1. The molecule has 0 bridgehead atoms. The molecule has 0 aliphatic carbocycles. The zero-order chi connectivity index (χ0) is 22.8. The van der Waals surface area contributed by atoms with Crippen LogP contribution in [0, 0.1) is 0 Å². The van der Waals surface area contributed by atoms with Gasteiger partial charge in [-0.2, -0.15) is 4.31 Å². The first-order valence-corrected chi connectivity index (χ1v) is 12.8. The third-order valence-corrected chi connectivity index (χ3v) is 8.78. The summed E-state index contributed by atoms with van der Waals surface area (Å²) in [5.74, 6) is 0.0719. The number of nitrogens with zero attached hydrogens (tertiary/aromatic N) is 4. The van der Waals surface area contributed by atoms with E-state index in [0.717, 1.165) is 36.1 Å². The summed E-state index contributed by atoms with van der Waals surface area (Å²) in [6.45, 7) is 1.88. The monoisotopic (exact) mass is 464 g/mol. The molecule has 2 saturated heterocycles. The Balaban J connectivity index is 1.42. The van der Waals surface area contributed by atoms with Crippen LogP contribution in [0.2, 0.25) is 0 Å². The van der Waals surface area contributed by atoms with Gasteiger partial charge in [0.25, 0.3) is 0 Å². The van der Waals surface area contributed by atoms with E-state index in [9.17, 15) is 13.5 Å². The molecule has 1 aromatic heterocycles. The molecule has 3 aromatic rings. The lowest BCUT2D eigenvalue weighted by Gasteiger charge is -2.57. The maximum Gasteiger partial charge on any atom is 0.243 e. The Labute approximate surface area is 194 Å². The summed E-state index contributed by atoms with van der Waals surface area (Å²) in [6, 6.07) is 17.0. The van der Waals surface area contributed by atoms with Crippen molar-refractivity contribution < 1.29 is 13.5 Å². The fraction of sp³-hybridized carbons (Fsp3) is 0.360. The standard InChI is InChI=1S/C25H28N4O3S/c30-17-24-25(20-10-8-19(9-11-20)21-14-26-18-27-15-21)23-16-28(12-4-5-13-29(23)24)33(31,32)22-6-2-1-3-7-22/h1-3,6-11,14-15,18,23-25,30H,4-5,12-13,16-17H2/t23-,24+,25-/m1/s1. The quantitative estimate of drug-likeness (QED) is 0.625. The van der Waals surface area contributed by atoms with Crippen LogP contribution in [0.15, 0.2) is 78.2 Å². The van der Waals surface area contributed by atoms with E-state index in [-0.39, 0.29) is 24.6 Å². The Hall–Kier alpha value is -2.65. The molecule has 8 heteroatoms. The Kier molecular flexibility index (Phi) is 6.25. The number of benzene rings is 2. The van der Waals surface area contributed by atoms with E-state index < -0.39 is 10.0 Å². The van der Waals surface area contributed by atoms with Crippen molar-refractivity contribution in [1.29, 1.82) is 0 Å². The van der Waals surface area contributed by atoms with Crippen molar-refractivity contribution in [2.45, 2.75) is 35.7 Å². The predicted octanol–water partition coefficient (Wildman–Crippen LogP) is 2.76. The fourth-order valence-corrected chi connectivity index (χ4v) is 6.73. The van der Waals surface area contributed by atoms with E-state index in [0.29, 0.717) is 18.0 Å². The van der Waals surface area contributed by atoms with E-state index in [2.05, 4.69) is 27.0 Å². The van der Waals surface area contributed by atoms with Gasteiger partial charge in [0.15, 0.2) is 0 Å². The van der Waals surface area contributed by atoms with Crippen molar-refractivity contribution in [3.63, 3.8) is 0 Å². The van der Waals surface area contributed by atoms with Gasteiger partial charge in [0.05, 0.1) is 11.5 Å². The van der Waals surface area contributed by atoms with Gasteiger partial charge in [-0.15, -0.1) is 0 Å². The summed E-state index contributed by atoms with van der Waals surface area (Å²) in [5, 5.41) is 10.2. The summed E-state index contributed by atoms with van der Waals surface area (Å²) in [6.07, 6.45) is 6.80. The second-order valence-corrected chi connectivity index (χ2v) is 10.7. The molecule has 33 heavy (non-hydrogen) atoms. The van der Waals surface area contributed by atoms with Gasteiger partial charge in [-0.3, -0.25) is 4.90 Å². The van der Waals surface area contributed by atoms with Crippen LogP contribution in [-0.2, 0) is 10.0 Å². The van der Waals surface area contributed by atoms with Gasteiger partial charge in [-0.1, -0.05) is 42.5 Å². The minimum Gasteiger partial charge on any atom is -0.395 e. The molecule has 172 valence electrons. The highest BCUT2D eigenvalue weighted by molar-refractivity contribution is 7.89. The number of fused-ring (bicyclic) bond motifs is 1. The first-order chi connectivity index (χ1) is 16.1. The first kappa shape index (κ1) is 22.2. The van der Waals surface area contributed by atoms with Crippen molar-refractivity contribution >= 4 is 10.0 Å². The van der Waals surface area contributed by atoms with Gasteiger partial charge in [0, 0.05) is 49.0 Å². The summed E-state index contributed by atoms with van der Waals surface area (Å²) < 4.78 is 28.4. The average Bonchev–Trinajstić information content (AvgIpc) is 2.84. The molecule has 3 atom stereocenters. The summed E-state index contributed by atoms with van der Waals surface area (Å²) >= 11 is 0. The average molecular weight is 465 g/mol. The lowest BCUT2D eigenvalue weighted by Crippen LogP contribution is -2.67. The maximum absolute atomic E-state index is 13.4. The number of hydrogen-bond acceptors (Lipinski definition) is 6. The number of sulfonamides is 1. The highest BCUT2D eigenvalue weighted by atomic mass is 32.2. The molecule has 2 aromatic carbocycles. The second-order valence-electron chi connectivity index (χ2n) is 8.71. The van der Waals surface area contributed by atoms with Gasteiger partial charge < -0.3 is 5.11 Å². The topological polar surface area (TPSA) is 86.6 Å². The fourth-order valence-electron chi connectivity index (χ4n) is 5.21. The molecule has 3 heterocycles. The minimum atomic E-state index is -3.57. The van der Waals surface area contributed by atoms with Crippen LogP contribution in [0.3, 0.4) is 0 Å². The molecule has 2 fully saturated rings. The zero-order valence-electron chi connectivity index (χ0n) is 18.4. The van der Waals surface area contributed by atoms with Gasteiger partial charge >= 0.3 is 0 Å². The van der Waals surface area contributed by atoms with Crippen LogP contribution in [-0.4, -0.2) is 71.0 Å². The largest absolute Gasteiger partial charge is 0.395 e. The number of hydrogen-bond donors (Lipinski definition) is 1. The molecule has 7 nitrogen and oxygen atoms in total. The molecule has 0 radical (unpaired) electrons. The predicted molar refractivity (Wildman–Crippen MR) is 126 cm³/mol. The van der Waals surface area contributed by atoms with Crippen molar-refractivity contribution in [2.24, 2.45) is 0 Å². The molecule has 0 spiro atoms. The second kappa shape index (κ2) is 9.30. The lowest BCUT2D eigenvalue weighted by molar-refractivity contribution is -0.0553. The molecular weight excluding hydrogens is 436 g/mol. The number of aromatic nitrogens is 2. The molecular formula is C25H28N4O3S. The Morgan fingerprint density at radius 1 is 0.909 bits per heavy atom. The minimum absolute atomic E-state index is 0.000267. The Morgan fingerprint density at radius 3 is 2.30 bits per heavy atom. The van der Waals surface area contributed by atoms with Crippen LogP contribution in [0.4, 0.5) is 0 Å². The molecule has 0 amide bonds. The van der Waals surface area contributed by atoms with E-state index in [1.165, 1.54) is 6.33 Å². The third kappa shape index (κ3) is 4.19. The summed E-state index contributed by atoms with van der Waals surface area (Å²) in [7, 11) is -3.57. The smallest absolute Gasteiger partial charge is 0.243 e. The molecule has 0 saturated carbocycles. The Bertz CT molecular complexity index is 1170. The summed E-state index contributed by atoms with van der Waals surface area (Å²) in [4.78, 5) is 10.8. The van der Waals surface area contributed by atoms with Gasteiger partial charge in [0.2, 0.25) is 10.0 Å². The highest BCUT2D eigenvalue weighted by Gasteiger charge is 2.50. The molecule has 1 N–H and O–H groups in total. The first-order valence-electron chi connectivity index (χ1n) is 11.4. The lowest BCUT2D eigenvalue weighted by atomic mass is 9.74. The zero-order valence-corrected chi connectivity index (χ0v) is 19.2. The summed E-state index contributed by atoms with van der Waals surface area (Å²) in [5.41, 5.74) is 3.10. The number of aliphatic hydroxyl groups is 1. The molecule has 2 aliphatic heterocycles. The van der Waals surface area contributed by atoms with E-state index in [1.54, 1.807) is 41.0 Å². The molecule has 5 rings (SSSR count). The van der Waals surface area contributed by atoms with Crippen LogP contribution < -0.4 is 0 Å². The van der Waals surface area contributed by atoms with Crippen LogP contribution >= 0.6 is 0 Å².